The first-order chi connectivity index (χ1) is 8.84. The molecule has 106 valence electrons. The molecule has 0 amide bonds. The van der Waals surface area contributed by atoms with Crippen LogP contribution in [0.4, 0.5) is 4.39 Å². The molecule has 1 aromatic rings. The van der Waals surface area contributed by atoms with Gasteiger partial charge in [-0.25, -0.2) is 12.8 Å². The molecule has 3 nitrogen and oxygen atoms in total. The Bertz CT molecular complexity index is 571. The van der Waals surface area contributed by atoms with E-state index >= 15 is 0 Å². The maximum absolute atomic E-state index is 13.8. The van der Waals surface area contributed by atoms with Crippen LogP contribution in [-0.2, 0) is 9.84 Å². The summed E-state index contributed by atoms with van der Waals surface area (Å²) in [5.41, 5.74) is 0.895. The summed E-state index contributed by atoms with van der Waals surface area (Å²) in [6.07, 6.45) is 2.00. The summed E-state index contributed by atoms with van der Waals surface area (Å²) in [6.45, 7) is 5.15. The van der Waals surface area contributed by atoms with Crippen LogP contribution < -0.4 is 5.32 Å². The number of nitrogens with one attached hydrogen (secondary N) is 1. The molecule has 3 atom stereocenters. The molecule has 0 saturated heterocycles. The van der Waals surface area contributed by atoms with Crippen molar-refractivity contribution in [1.82, 2.24) is 5.32 Å². The molecule has 19 heavy (non-hydrogen) atoms. The first kappa shape index (κ1) is 14.5. The number of hydrogen-bond donors (Lipinski definition) is 1. The lowest BCUT2D eigenvalue weighted by Crippen LogP contribution is -2.47. The quantitative estimate of drug-likeness (QED) is 0.923. The van der Waals surface area contributed by atoms with Gasteiger partial charge < -0.3 is 5.32 Å². The monoisotopic (exact) mass is 285 g/mol. The first-order valence-electron chi connectivity index (χ1n) is 6.57. The van der Waals surface area contributed by atoms with Crippen LogP contribution in [-0.4, -0.2) is 27.3 Å². The molecule has 0 radical (unpaired) electrons. The Morgan fingerprint density at radius 1 is 1.42 bits per heavy atom. The Balaban J connectivity index is 2.19. The Labute approximate surface area is 114 Å². The third-order valence-electron chi connectivity index (χ3n) is 4.03. The Morgan fingerprint density at radius 2 is 2.11 bits per heavy atom. The zero-order chi connectivity index (χ0) is 14.2. The van der Waals surface area contributed by atoms with Gasteiger partial charge in [-0.3, -0.25) is 0 Å². The smallest absolute Gasteiger partial charge is 0.178 e. The van der Waals surface area contributed by atoms with Crippen LogP contribution in [0.5, 0.6) is 0 Å². The van der Waals surface area contributed by atoms with Crippen molar-refractivity contribution < 1.29 is 12.8 Å². The second-order valence-electron chi connectivity index (χ2n) is 5.33. The van der Waals surface area contributed by atoms with Crippen molar-refractivity contribution in [3.05, 3.63) is 29.6 Å². The van der Waals surface area contributed by atoms with Crippen molar-refractivity contribution in [1.29, 1.82) is 0 Å². The molecule has 1 aliphatic carbocycles. The van der Waals surface area contributed by atoms with Crippen molar-refractivity contribution in [2.75, 3.05) is 12.8 Å². The van der Waals surface area contributed by atoms with Gasteiger partial charge in [0.05, 0.1) is 0 Å². The molecule has 0 aliphatic heterocycles. The number of benzene rings is 1. The van der Waals surface area contributed by atoms with Gasteiger partial charge in [0.25, 0.3) is 0 Å². The highest BCUT2D eigenvalue weighted by molar-refractivity contribution is 7.90. The van der Waals surface area contributed by atoms with E-state index in [9.17, 15) is 12.8 Å². The molecule has 1 aliphatic rings. The zero-order valence-corrected chi connectivity index (χ0v) is 12.3. The van der Waals surface area contributed by atoms with E-state index in [1.165, 1.54) is 12.1 Å². The highest BCUT2D eigenvalue weighted by atomic mass is 32.2. The highest BCUT2D eigenvalue weighted by Gasteiger charge is 2.38. The second kappa shape index (κ2) is 5.21. The maximum Gasteiger partial charge on any atom is 0.178 e. The lowest BCUT2D eigenvalue weighted by Gasteiger charge is -2.43. The molecule has 1 aromatic carbocycles. The third-order valence-corrected chi connectivity index (χ3v) is 5.16. The molecule has 0 bridgehead atoms. The number of rotatable bonds is 4. The fraction of sp³-hybridized carbons (Fsp3) is 0.571. The molecule has 1 fully saturated rings. The Morgan fingerprint density at radius 3 is 2.58 bits per heavy atom. The molecule has 1 saturated carbocycles. The van der Waals surface area contributed by atoms with E-state index in [0.29, 0.717) is 17.9 Å². The van der Waals surface area contributed by atoms with Crippen LogP contribution in [0.1, 0.15) is 31.7 Å². The van der Waals surface area contributed by atoms with Crippen LogP contribution in [0.2, 0.25) is 0 Å². The summed E-state index contributed by atoms with van der Waals surface area (Å²) >= 11 is 0. The van der Waals surface area contributed by atoms with Gasteiger partial charge in [0.1, 0.15) is 10.7 Å². The second-order valence-corrected chi connectivity index (χ2v) is 7.31. The molecule has 0 heterocycles. The predicted octanol–water partition coefficient (Wildman–Crippen LogP) is 2.33. The van der Waals surface area contributed by atoms with Gasteiger partial charge in [0.2, 0.25) is 0 Å². The molecular formula is C14H20FNO2S. The minimum absolute atomic E-state index is 0.216. The van der Waals surface area contributed by atoms with Crippen LogP contribution in [0.15, 0.2) is 23.1 Å². The zero-order valence-electron chi connectivity index (χ0n) is 11.5. The normalized spacial score (nSPS) is 27.1. The van der Waals surface area contributed by atoms with Gasteiger partial charge in [-0.2, -0.15) is 0 Å². The van der Waals surface area contributed by atoms with Gasteiger partial charge in [-0.15, -0.1) is 0 Å². The van der Waals surface area contributed by atoms with Gasteiger partial charge in [0, 0.05) is 12.3 Å². The first-order valence-corrected chi connectivity index (χ1v) is 8.46. The Kier molecular flexibility index (Phi) is 3.97. The van der Waals surface area contributed by atoms with E-state index in [1.54, 1.807) is 6.07 Å². The molecular weight excluding hydrogens is 265 g/mol. The minimum Gasteiger partial charge on any atom is -0.314 e. The van der Waals surface area contributed by atoms with Gasteiger partial charge in [0.15, 0.2) is 9.84 Å². The van der Waals surface area contributed by atoms with E-state index in [1.807, 2.05) is 0 Å². The summed E-state index contributed by atoms with van der Waals surface area (Å²) in [4.78, 5) is -0.216. The predicted molar refractivity (Wildman–Crippen MR) is 73.5 cm³/mol. The molecule has 5 heteroatoms. The van der Waals surface area contributed by atoms with Gasteiger partial charge in [-0.05, 0) is 42.5 Å². The van der Waals surface area contributed by atoms with Crippen LogP contribution in [0, 0.1) is 11.7 Å². The van der Waals surface area contributed by atoms with E-state index in [4.69, 9.17) is 0 Å². The average Bonchev–Trinajstić information content (AvgIpc) is 2.31. The van der Waals surface area contributed by atoms with E-state index in [2.05, 4.69) is 19.2 Å². The maximum atomic E-state index is 13.8. The minimum atomic E-state index is -3.48. The van der Waals surface area contributed by atoms with E-state index in [-0.39, 0.29) is 4.90 Å². The lowest BCUT2D eigenvalue weighted by atomic mass is 9.67. The van der Waals surface area contributed by atoms with Crippen LogP contribution in [0.3, 0.4) is 0 Å². The number of sulfone groups is 1. The van der Waals surface area contributed by atoms with Crippen LogP contribution >= 0.6 is 0 Å². The standard InChI is InChI=1S/C14H20FNO2S/c1-4-16-13-8-11(9(13)2)10-5-6-14(12(15)7-10)19(3,17)18/h5-7,9,11,13,16H,4,8H2,1-3H3. The van der Waals surface area contributed by atoms with E-state index < -0.39 is 15.7 Å². The van der Waals surface area contributed by atoms with Crippen molar-refractivity contribution >= 4 is 9.84 Å². The SMILES string of the molecule is CCNC1CC(c2ccc(S(C)(=O)=O)c(F)c2)C1C. The summed E-state index contributed by atoms with van der Waals surface area (Å²) in [5, 5.41) is 3.39. The van der Waals surface area contributed by atoms with Crippen molar-refractivity contribution in [3.8, 4) is 0 Å². The molecule has 3 unspecified atom stereocenters. The summed E-state index contributed by atoms with van der Waals surface area (Å²) in [6, 6.07) is 4.98. The topological polar surface area (TPSA) is 46.2 Å². The summed E-state index contributed by atoms with van der Waals surface area (Å²) < 4.78 is 36.6. The fourth-order valence-corrected chi connectivity index (χ4v) is 3.54. The lowest BCUT2D eigenvalue weighted by molar-refractivity contribution is 0.186. The molecule has 0 aromatic heterocycles. The van der Waals surface area contributed by atoms with Gasteiger partial charge in [-0.1, -0.05) is 19.9 Å². The van der Waals surface area contributed by atoms with Crippen molar-refractivity contribution in [2.45, 2.75) is 37.1 Å². The van der Waals surface area contributed by atoms with Gasteiger partial charge >= 0.3 is 0 Å². The summed E-state index contributed by atoms with van der Waals surface area (Å²) in [5.74, 6) is 0.120. The van der Waals surface area contributed by atoms with Crippen molar-refractivity contribution in [3.63, 3.8) is 0 Å². The molecule has 1 N–H and O–H groups in total. The fourth-order valence-electron chi connectivity index (χ4n) is 2.81. The van der Waals surface area contributed by atoms with Crippen molar-refractivity contribution in [2.24, 2.45) is 5.92 Å². The molecule has 2 rings (SSSR count). The Hall–Kier alpha value is -0.940. The largest absolute Gasteiger partial charge is 0.314 e. The molecule has 0 spiro atoms. The highest BCUT2D eigenvalue weighted by Crippen LogP contribution is 2.42. The van der Waals surface area contributed by atoms with Crippen LogP contribution in [0.25, 0.3) is 0 Å². The average molecular weight is 285 g/mol. The van der Waals surface area contributed by atoms with E-state index in [0.717, 1.165) is 24.8 Å². The third kappa shape index (κ3) is 2.82. The number of hydrogen-bond acceptors (Lipinski definition) is 3. The number of halogens is 1. The summed E-state index contributed by atoms with van der Waals surface area (Å²) in [7, 11) is -3.48.